The molecule has 0 aliphatic carbocycles. The number of hydrogen-bond acceptors (Lipinski definition) is 3. The van der Waals surface area contributed by atoms with Gasteiger partial charge in [0, 0.05) is 4.47 Å². The van der Waals surface area contributed by atoms with Gasteiger partial charge in [0.05, 0.1) is 15.9 Å². The van der Waals surface area contributed by atoms with E-state index in [1.807, 2.05) is 0 Å². The quantitative estimate of drug-likeness (QED) is 0.573. The number of hydrogen-bond donors (Lipinski definition) is 0. The fraction of sp³-hybridized carbons (Fsp3) is 0.0667. The Morgan fingerprint density at radius 3 is 2.59 bits per heavy atom. The van der Waals surface area contributed by atoms with Crippen molar-refractivity contribution < 1.29 is 13.5 Å². The molecule has 0 saturated heterocycles. The lowest BCUT2D eigenvalue weighted by atomic mass is 10.2. The Kier molecular flexibility index (Phi) is 4.22. The van der Waals surface area contributed by atoms with Crippen LogP contribution in [0.15, 0.2) is 46.9 Å². The van der Waals surface area contributed by atoms with Crippen LogP contribution in [-0.4, -0.2) is 9.97 Å². The first-order valence-corrected chi connectivity index (χ1v) is 7.39. The number of benzene rings is 2. The average molecular weight is 386 g/mol. The molecule has 0 aliphatic heterocycles. The summed E-state index contributed by atoms with van der Waals surface area (Å²) in [7, 11) is 0. The Balaban J connectivity index is 2.12. The fourth-order valence-corrected chi connectivity index (χ4v) is 2.61. The van der Waals surface area contributed by atoms with Crippen LogP contribution in [0.4, 0.5) is 8.78 Å². The fourth-order valence-electron chi connectivity index (χ4n) is 1.90. The van der Waals surface area contributed by atoms with Gasteiger partial charge in [-0.1, -0.05) is 39.7 Å². The number of halogens is 4. The number of ether oxygens (including phenoxy) is 1. The molecule has 0 radical (unpaired) electrons. The van der Waals surface area contributed by atoms with Crippen LogP contribution >= 0.6 is 27.5 Å². The van der Waals surface area contributed by atoms with Crippen molar-refractivity contribution in [3.63, 3.8) is 0 Å². The molecular weight excluding hydrogens is 378 g/mol. The highest BCUT2D eigenvalue weighted by Crippen LogP contribution is 2.34. The predicted octanol–water partition coefficient (Wildman–Crippen LogP) is 5.78. The largest absolute Gasteiger partial charge is 0.437 e. The van der Waals surface area contributed by atoms with Gasteiger partial charge in [0.25, 0.3) is 6.43 Å². The minimum Gasteiger partial charge on any atom is -0.437 e. The second-order valence-corrected chi connectivity index (χ2v) is 5.70. The summed E-state index contributed by atoms with van der Waals surface area (Å²) in [6.07, 6.45) is -2.78. The number of alkyl halides is 2. The molecule has 112 valence electrons. The van der Waals surface area contributed by atoms with E-state index in [4.69, 9.17) is 16.3 Å². The Morgan fingerprint density at radius 1 is 1.09 bits per heavy atom. The smallest absolute Gasteiger partial charge is 0.297 e. The van der Waals surface area contributed by atoms with Crippen LogP contribution in [0.5, 0.6) is 11.6 Å². The van der Waals surface area contributed by atoms with E-state index in [1.165, 1.54) is 0 Å². The molecule has 22 heavy (non-hydrogen) atoms. The molecule has 0 fully saturated rings. The molecule has 0 atom stereocenters. The van der Waals surface area contributed by atoms with Crippen molar-refractivity contribution in [1.82, 2.24) is 9.97 Å². The molecule has 0 aliphatic rings. The van der Waals surface area contributed by atoms with Crippen molar-refractivity contribution in [2.24, 2.45) is 0 Å². The second kappa shape index (κ2) is 6.14. The zero-order valence-corrected chi connectivity index (χ0v) is 13.3. The van der Waals surface area contributed by atoms with E-state index in [0.717, 1.165) is 4.47 Å². The third kappa shape index (κ3) is 3.03. The summed E-state index contributed by atoms with van der Waals surface area (Å²) >= 11 is 9.37. The zero-order valence-electron chi connectivity index (χ0n) is 10.9. The summed E-state index contributed by atoms with van der Waals surface area (Å²) in [5.74, 6) is -0.207. The maximum absolute atomic E-state index is 12.9. The first-order valence-electron chi connectivity index (χ1n) is 6.22. The maximum atomic E-state index is 12.9. The van der Waals surface area contributed by atoms with Gasteiger partial charge in [-0.05, 0) is 30.3 Å². The minimum absolute atomic E-state index is 0.0464. The van der Waals surface area contributed by atoms with Gasteiger partial charge in [-0.25, -0.2) is 13.8 Å². The standard InChI is InChI=1S/C15H8BrClF2N2O/c16-8-5-6-12(10(17)7-8)22-15-9-3-1-2-4-11(9)20-14(21-15)13(18)19/h1-7,13H. The third-order valence-electron chi connectivity index (χ3n) is 2.88. The SMILES string of the molecule is FC(F)c1nc(Oc2ccc(Br)cc2Cl)c2ccccc2n1. The summed E-state index contributed by atoms with van der Waals surface area (Å²) in [5.41, 5.74) is 0.385. The molecule has 3 rings (SSSR count). The first-order chi connectivity index (χ1) is 10.5. The third-order valence-corrected chi connectivity index (χ3v) is 3.67. The van der Waals surface area contributed by atoms with E-state index in [0.29, 0.717) is 21.7 Å². The molecule has 0 saturated carbocycles. The molecule has 1 aromatic heterocycles. The van der Waals surface area contributed by atoms with Gasteiger partial charge in [-0.2, -0.15) is 4.98 Å². The van der Waals surface area contributed by atoms with Crippen molar-refractivity contribution in [3.05, 3.63) is 57.8 Å². The lowest BCUT2D eigenvalue weighted by molar-refractivity contribution is 0.140. The van der Waals surface area contributed by atoms with Gasteiger partial charge < -0.3 is 4.74 Å². The molecule has 0 unspecified atom stereocenters. The van der Waals surface area contributed by atoms with Crippen LogP contribution < -0.4 is 4.74 Å². The Bertz CT molecular complexity index is 845. The summed E-state index contributed by atoms with van der Waals surface area (Å²) in [5, 5.41) is 0.876. The van der Waals surface area contributed by atoms with Crippen LogP contribution in [-0.2, 0) is 0 Å². The second-order valence-electron chi connectivity index (χ2n) is 4.38. The van der Waals surface area contributed by atoms with Gasteiger partial charge in [-0.15, -0.1) is 0 Å². The number of nitrogens with zero attached hydrogens (tertiary/aromatic N) is 2. The van der Waals surface area contributed by atoms with Crippen LogP contribution in [0.25, 0.3) is 10.9 Å². The number of para-hydroxylation sites is 1. The summed E-state index contributed by atoms with van der Waals surface area (Å²) in [6.45, 7) is 0. The summed E-state index contributed by atoms with van der Waals surface area (Å²) in [4.78, 5) is 7.64. The Hall–Kier alpha value is -1.79. The number of aromatic nitrogens is 2. The normalized spacial score (nSPS) is 11.1. The van der Waals surface area contributed by atoms with Crippen molar-refractivity contribution in [2.75, 3.05) is 0 Å². The van der Waals surface area contributed by atoms with E-state index in [9.17, 15) is 8.78 Å². The van der Waals surface area contributed by atoms with Crippen LogP contribution in [0.3, 0.4) is 0 Å². The van der Waals surface area contributed by atoms with Crippen molar-refractivity contribution in [2.45, 2.75) is 6.43 Å². The van der Waals surface area contributed by atoms with E-state index in [2.05, 4.69) is 25.9 Å². The van der Waals surface area contributed by atoms with E-state index in [1.54, 1.807) is 42.5 Å². The molecule has 3 nitrogen and oxygen atoms in total. The van der Waals surface area contributed by atoms with Gasteiger partial charge in [0.15, 0.2) is 5.82 Å². The molecular formula is C15H8BrClF2N2O. The van der Waals surface area contributed by atoms with Gasteiger partial charge >= 0.3 is 0 Å². The summed E-state index contributed by atoms with van der Waals surface area (Å²) in [6, 6.07) is 11.8. The molecule has 1 heterocycles. The minimum atomic E-state index is -2.78. The first kappa shape index (κ1) is 15.1. The molecule has 0 N–H and O–H groups in total. The van der Waals surface area contributed by atoms with Crippen molar-refractivity contribution in [1.29, 1.82) is 0 Å². The lowest BCUT2D eigenvalue weighted by Crippen LogP contribution is -1.99. The van der Waals surface area contributed by atoms with Gasteiger partial charge in [0.2, 0.25) is 5.88 Å². The maximum Gasteiger partial charge on any atom is 0.297 e. The molecule has 0 spiro atoms. The van der Waals surface area contributed by atoms with Crippen LogP contribution in [0.2, 0.25) is 5.02 Å². The molecule has 0 bridgehead atoms. The number of fused-ring (bicyclic) bond motifs is 1. The number of rotatable bonds is 3. The molecule has 0 amide bonds. The highest BCUT2D eigenvalue weighted by Gasteiger charge is 2.17. The van der Waals surface area contributed by atoms with E-state index in [-0.39, 0.29) is 5.88 Å². The molecule has 3 aromatic rings. The van der Waals surface area contributed by atoms with Crippen LogP contribution in [0, 0.1) is 0 Å². The summed E-state index contributed by atoms with van der Waals surface area (Å²) < 4.78 is 32.3. The lowest BCUT2D eigenvalue weighted by Gasteiger charge is -2.11. The van der Waals surface area contributed by atoms with Crippen LogP contribution in [0.1, 0.15) is 12.2 Å². The van der Waals surface area contributed by atoms with Crippen molar-refractivity contribution >= 4 is 38.4 Å². The topological polar surface area (TPSA) is 35.0 Å². The van der Waals surface area contributed by atoms with Gasteiger partial charge in [-0.3, -0.25) is 0 Å². The van der Waals surface area contributed by atoms with Crippen molar-refractivity contribution in [3.8, 4) is 11.6 Å². The van der Waals surface area contributed by atoms with E-state index < -0.39 is 12.2 Å². The Morgan fingerprint density at radius 2 is 1.86 bits per heavy atom. The van der Waals surface area contributed by atoms with E-state index >= 15 is 0 Å². The predicted molar refractivity (Wildman–Crippen MR) is 83.7 cm³/mol. The highest BCUT2D eigenvalue weighted by molar-refractivity contribution is 9.10. The average Bonchev–Trinajstić information content (AvgIpc) is 2.49. The highest BCUT2D eigenvalue weighted by atomic mass is 79.9. The Labute approximate surface area is 138 Å². The van der Waals surface area contributed by atoms with Gasteiger partial charge in [0.1, 0.15) is 5.75 Å². The zero-order chi connectivity index (χ0) is 15.7. The molecule has 7 heteroatoms. The molecule has 2 aromatic carbocycles. The monoisotopic (exact) mass is 384 g/mol.